The summed E-state index contributed by atoms with van der Waals surface area (Å²) in [5.74, 6) is -13.0. The Hall–Kier alpha value is -11.2. The second kappa shape index (κ2) is 45.8. The van der Waals surface area contributed by atoms with Gasteiger partial charge < -0.3 is 101 Å². The summed E-state index contributed by atoms with van der Waals surface area (Å²) in [4.78, 5) is 190. The number of hydrogen-bond acceptors (Lipinski definition) is 19. The summed E-state index contributed by atoms with van der Waals surface area (Å²) < 4.78 is 6.27. The van der Waals surface area contributed by atoms with Crippen LogP contribution in [0.2, 0.25) is 0 Å². The molecule has 2 heterocycles. The van der Waals surface area contributed by atoms with Gasteiger partial charge in [0.15, 0.2) is 6.61 Å². The molecule has 6 fully saturated rings. The van der Waals surface area contributed by atoms with Crippen molar-refractivity contribution < 1.29 is 72.2 Å². The first-order chi connectivity index (χ1) is 59.6. The number of aliphatic carboxylic acids is 1. The molecule has 4 aliphatic carbocycles. The molecule has 0 radical (unpaired) electrons. The first-order valence-corrected chi connectivity index (χ1v) is 43.9. The zero-order valence-corrected chi connectivity index (χ0v) is 70.0. The van der Waals surface area contributed by atoms with Gasteiger partial charge in [-0.2, -0.15) is 0 Å². The zero-order chi connectivity index (χ0) is 87.5. The Morgan fingerprint density at radius 1 is 0.358 bits per heavy atom. The van der Waals surface area contributed by atoms with Crippen LogP contribution in [0, 0.1) is 23.7 Å². The molecule has 12 amide bonds. The van der Waals surface area contributed by atoms with Crippen molar-refractivity contribution in [2.75, 3.05) is 72.1 Å². The van der Waals surface area contributed by atoms with E-state index in [0.717, 1.165) is 22.3 Å². The fraction of sp³-hybridized carbons (Fsp3) is 0.527. The van der Waals surface area contributed by atoms with Gasteiger partial charge in [0.2, 0.25) is 53.2 Å². The summed E-state index contributed by atoms with van der Waals surface area (Å²) in [6.07, 6.45) is 8.00. The first-order valence-electron chi connectivity index (χ1n) is 43.9. The molecule has 17 atom stereocenters. The van der Waals surface area contributed by atoms with E-state index in [1.165, 1.54) is 28.0 Å². The van der Waals surface area contributed by atoms with Gasteiger partial charge in [0.25, 0.3) is 17.7 Å². The number of carboxylic acid groups (broad SMARTS) is 1. The Balaban J connectivity index is 0.807. The Morgan fingerprint density at radius 3 is 0.992 bits per heavy atom. The van der Waals surface area contributed by atoms with Crippen LogP contribution in [0.1, 0.15) is 195 Å². The standard InChI is InChI=1S/C91H123N17O15/c92-39-19-5-14-32-69(85(115)99-70(33-15-20-40-93)86(116)100-71(34-16-21-41-94)87(117)101-72(35-17-22-42-95)88(118)102-73(91(121)122)36-18-23-43-96)98-79(109)49-97-80(110)54-123-78-44-59(89(119)107-50-65(81(111)103-74-45-61(74)55-24-6-1-7-25-55)66(51-107)82(112)104-75-46-62(75)56-26-8-2-9-27-56)37-38-60(78)90(120)108-52-67(83(113)105-76-47-63(76)57-28-10-3-11-29-57)68(53-108)84(114)106-77-48-64(77)58-30-12-4-13-31-58/h1-4,6-13,24-31,37-38,44,61-77H,5,14-23,32-36,39-43,45-54,92-96H2,(H,97,110)(H,98,109)(H,99,115)(H,100,116)(H,101,117)(H,102,118)(H,103,111)(H,104,112)(H,105,113)(H,106,114)(H,121,122)/t61-,62-,63-,64-,65-,66-,67-,68-,69+,70+,71+,72+,73+,74+,75+,76+,77+/m1/s1. The molecule has 21 N–H and O–H groups in total. The quantitative estimate of drug-likeness (QED) is 0.0249. The molecule has 5 aromatic carbocycles. The molecule has 11 rings (SSSR count). The van der Waals surface area contributed by atoms with Crippen molar-refractivity contribution in [3.63, 3.8) is 0 Å². The number of carboxylic acids is 1. The minimum atomic E-state index is -1.30. The van der Waals surface area contributed by atoms with Crippen LogP contribution in [0.25, 0.3) is 0 Å². The van der Waals surface area contributed by atoms with E-state index in [4.69, 9.17) is 33.4 Å². The largest absolute Gasteiger partial charge is 0.483 e. The lowest BCUT2D eigenvalue weighted by atomic mass is 9.94. The van der Waals surface area contributed by atoms with Gasteiger partial charge in [0, 0.05) is 79.6 Å². The molecule has 0 unspecified atom stereocenters. The molecular formula is C91H123N17O15. The van der Waals surface area contributed by atoms with E-state index in [1.807, 2.05) is 121 Å². The maximum Gasteiger partial charge on any atom is 0.326 e. The molecule has 32 nitrogen and oxygen atoms in total. The van der Waals surface area contributed by atoms with Crippen LogP contribution in [0.3, 0.4) is 0 Å². The monoisotopic (exact) mass is 1690 g/mol. The van der Waals surface area contributed by atoms with E-state index in [2.05, 4.69) is 53.2 Å². The first kappa shape index (κ1) is 92.5. The molecule has 6 aliphatic rings. The van der Waals surface area contributed by atoms with Gasteiger partial charge in [-0.25, -0.2) is 4.79 Å². The van der Waals surface area contributed by atoms with Crippen molar-refractivity contribution in [2.45, 2.75) is 206 Å². The van der Waals surface area contributed by atoms with E-state index in [9.17, 15) is 57.8 Å². The van der Waals surface area contributed by atoms with Gasteiger partial charge in [0.1, 0.15) is 36.0 Å². The fourth-order valence-corrected chi connectivity index (χ4v) is 16.8. The van der Waals surface area contributed by atoms with Crippen molar-refractivity contribution in [1.82, 2.24) is 63.0 Å². The predicted octanol–water partition coefficient (Wildman–Crippen LogP) is 2.79. The molecule has 4 saturated carbocycles. The molecule has 0 aromatic heterocycles. The van der Waals surface area contributed by atoms with Crippen LogP contribution in [0.5, 0.6) is 5.75 Å². The summed E-state index contributed by atoms with van der Waals surface area (Å²) >= 11 is 0. The lowest BCUT2D eigenvalue weighted by molar-refractivity contribution is -0.142. The predicted molar refractivity (Wildman–Crippen MR) is 460 cm³/mol. The van der Waals surface area contributed by atoms with Crippen LogP contribution < -0.4 is 86.6 Å². The molecule has 662 valence electrons. The third-order valence-corrected chi connectivity index (χ3v) is 24.4. The van der Waals surface area contributed by atoms with Gasteiger partial charge in [-0.15, -0.1) is 0 Å². The maximum absolute atomic E-state index is 15.4. The number of likely N-dealkylation sites (tertiary alicyclic amines) is 2. The highest BCUT2D eigenvalue weighted by molar-refractivity contribution is 6.03. The SMILES string of the molecule is NCCCCC[C@H](NC(=O)CNC(=O)COc1cc(C(=O)N2C[C@@H](C(=O)N[C@H]3C[C@@H]3c3ccccc3)[C@H](C(=O)N[C@H]3C[C@@H]3c3ccccc3)C2)ccc1C(=O)N1C[C@@H](C(=O)N[C@H]2C[C@@H]2c2ccccc2)[C@H](C(=O)N[C@H]2C[C@@H]2c2ccccc2)C1)C(=O)N[C@@H](CCCCN)C(=O)N[C@@H](CCCCN)C(=O)N[C@@H](CCCCN)C(=O)N[C@@H](CCCCN)C(=O)O. The van der Waals surface area contributed by atoms with Crippen molar-refractivity contribution in [3.05, 3.63) is 173 Å². The molecule has 32 heteroatoms. The minimum Gasteiger partial charge on any atom is -0.483 e. The molecular weight excluding hydrogens is 1570 g/mol. The van der Waals surface area contributed by atoms with Crippen LogP contribution in [-0.2, 0) is 52.7 Å². The minimum absolute atomic E-state index is 0.0365. The van der Waals surface area contributed by atoms with Crippen LogP contribution in [-0.4, -0.2) is 218 Å². The van der Waals surface area contributed by atoms with E-state index >= 15 is 9.59 Å². The summed E-state index contributed by atoms with van der Waals surface area (Å²) in [7, 11) is 0. The number of nitrogens with one attached hydrogen (secondary N) is 10. The van der Waals surface area contributed by atoms with Crippen LogP contribution in [0.15, 0.2) is 140 Å². The molecule has 0 spiro atoms. The van der Waals surface area contributed by atoms with Crippen molar-refractivity contribution in [1.29, 1.82) is 0 Å². The molecule has 5 aromatic rings. The number of benzene rings is 5. The number of unbranched alkanes of at least 4 members (excludes halogenated alkanes) is 6. The van der Waals surface area contributed by atoms with Gasteiger partial charge in [-0.1, -0.05) is 134 Å². The average molecular weight is 1700 g/mol. The van der Waals surface area contributed by atoms with Crippen LogP contribution >= 0.6 is 0 Å². The number of hydrogen-bond donors (Lipinski definition) is 16. The van der Waals surface area contributed by atoms with Gasteiger partial charge in [0.05, 0.1) is 35.8 Å². The van der Waals surface area contributed by atoms with Crippen molar-refractivity contribution in [3.8, 4) is 5.75 Å². The summed E-state index contributed by atoms with van der Waals surface area (Å²) in [6, 6.07) is 35.9. The lowest BCUT2D eigenvalue weighted by Gasteiger charge is -2.27. The highest BCUT2D eigenvalue weighted by Gasteiger charge is 2.52. The Morgan fingerprint density at radius 2 is 0.659 bits per heavy atom. The number of carbonyl (C=O) groups excluding carboxylic acids is 12. The van der Waals surface area contributed by atoms with Gasteiger partial charge >= 0.3 is 5.97 Å². The topological polar surface area (TPSA) is 508 Å². The third-order valence-electron chi connectivity index (χ3n) is 24.4. The van der Waals surface area contributed by atoms with Crippen LogP contribution in [0.4, 0.5) is 0 Å². The number of carbonyl (C=O) groups is 13. The van der Waals surface area contributed by atoms with E-state index in [1.54, 1.807) is 0 Å². The molecule has 123 heavy (non-hydrogen) atoms. The van der Waals surface area contributed by atoms with E-state index < -0.39 is 132 Å². The third kappa shape index (κ3) is 26.7. The van der Waals surface area contributed by atoms with E-state index in [0.29, 0.717) is 109 Å². The Labute approximate surface area is 718 Å². The normalized spacial score (nSPS) is 22.6. The Kier molecular flexibility index (Phi) is 34.5. The van der Waals surface area contributed by atoms with Crippen molar-refractivity contribution >= 4 is 76.9 Å². The number of rotatable bonds is 50. The van der Waals surface area contributed by atoms with Gasteiger partial charge in [-0.3, -0.25) is 57.5 Å². The summed E-state index contributed by atoms with van der Waals surface area (Å²) in [5, 5.41) is 38.7. The Bertz CT molecular complexity index is 4290. The smallest absolute Gasteiger partial charge is 0.326 e. The zero-order valence-electron chi connectivity index (χ0n) is 70.0. The average Bonchev–Trinajstić information content (AvgIpc) is 1.63. The second-order valence-electron chi connectivity index (χ2n) is 33.6. The molecule has 0 bridgehead atoms. The maximum atomic E-state index is 15.4. The summed E-state index contributed by atoms with van der Waals surface area (Å²) in [6.45, 7) is -0.857. The molecule has 2 saturated heterocycles. The van der Waals surface area contributed by atoms with Crippen molar-refractivity contribution in [2.24, 2.45) is 52.3 Å². The van der Waals surface area contributed by atoms with Gasteiger partial charge in [-0.05, 0) is 189 Å². The number of ether oxygens (including phenoxy) is 1. The number of amides is 12. The lowest BCUT2D eigenvalue weighted by Crippen LogP contribution is -2.59. The highest BCUT2D eigenvalue weighted by atomic mass is 16.5. The second-order valence-corrected chi connectivity index (χ2v) is 33.6. The number of nitrogens with two attached hydrogens (primary N) is 5. The summed E-state index contributed by atoms with van der Waals surface area (Å²) in [5.41, 5.74) is 33.0. The molecule has 2 aliphatic heterocycles. The fourth-order valence-electron chi connectivity index (χ4n) is 16.8. The number of nitrogens with zero attached hydrogens (tertiary/aromatic N) is 2. The van der Waals surface area contributed by atoms with E-state index in [-0.39, 0.29) is 154 Å². The highest BCUT2D eigenvalue weighted by Crippen LogP contribution is 2.45.